The van der Waals surface area contributed by atoms with Gasteiger partial charge in [-0.05, 0) is 35.9 Å². The maximum atomic E-state index is 8.68. The molecule has 19 heavy (non-hydrogen) atoms. The van der Waals surface area contributed by atoms with Crippen LogP contribution in [0, 0.1) is 11.3 Å². The SMILES string of the molecule is N#Cc1ccc(/C=N\Nc2ccc(Cl)c(Cl)c2)cc1. The van der Waals surface area contributed by atoms with E-state index in [-0.39, 0.29) is 0 Å². The molecule has 0 bridgehead atoms. The van der Waals surface area contributed by atoms with Crippen LogP contribution in [-0.2, 0) is 0 Å². The van der Waals surface area contributed by atoms with Crippen molar-refractivity contribution >= 4 is 35.1 Å². The number of halogens is 2. The molecule has 0 saturated heterocycles. The second-order valence-electron chi connectivity index (χ2n) is 3.73. The fraction of sp³-hybridized carbons (Fsp3) is 0. The summed E-state index contributed by atoms with van der Waals surface area (Å²) in [6.07, 6.45) is 1.66. The van der Waals surface area contributed by atoms with E-state index in [1.54, 1.807) is 36.5 Å². The monoisotopic (exact) mass is 289 g/mol. The van der Waals surface area contributed by atoms with Crippen LogP contribution in [0.3, 0.4) is 0 Å². The van der Waals surface area contributed by atoms with Gasteiger partial charge in [0.15, 0.2) is 0 Å². The number of nitrogens with zero attached hydrogens (tertiary/aromatic N) is 2. The average molecular weight is 290 g/mol. The zero-order valence-corrected chi connectivity index (χ0v) is 11.3. The lowest BCUT2D eigenvalue weighted by Crippen LogP contribution is -1.90. The van der Waals surface area contributed by atoms with E-state index in [1.165, 1.54) is 0 Å². The Hall–Kier alpha value is -2.02. The van der Waals surface area contributed by atoms with Crippen LogP contribution in [0.2, 0.25) is 10.0 Å². The molecule has 0 aliphatic heterocycles. The fourth-order valence-corrected chi connectivity index (χ4v) is 1.69. The van der Waals surface area contributed by atoms with Crippen molar-refractivity contribution in [2.24, 2.45) is 5.10 Å². The highest BCUT2D eigenvalue weighted by atomic mass is 35.5. The largest absolute Gasteiger partial charge is 0.278 e. The summed E-state index contributed by atoms with van der Waals surface area (Å²) in [7, 11) is 0. The van der Waals surface area contributed by atoms with Crippen molar-refractivity contribution in [3.8, 4) is 6.07 Å². The van der Waals surface area contributed by atoms with Crippen molar-refractivity contribution < 1.29 is 0 Å². The van der Waals surface area contributed by atoms with Gasteiger partial charge in [-0.3, -0.25) is 5.43 Å². The van der Waals surface area contributed by atoms with Gasteiger partial charge in [0.25, 0.3) is 0 Å². The number of hydrazone groups is 1. The number of nitriles is 1. The van der Waals surface area contributed by atoms with Gasteiger partial charge in [-0.25, -0.2) is 0 Å². The molecule has 0 aliphatic rings. The van der Waals surface area contributed by atoms with Crippen LogP contribution in [0.4, 0.5) is 5.69 Å². The second-order valence-corrected chi connectivity index (χ2v) is 4.55. The van der Waals surface area contributed by atoms with E-state index in [1.807, 2.05) is 12.1 Å². The second kappa shape index (κ2) is 6.24. The molecule has 1 N–H and O–H groups in total. The first kappa shape index (κ1) is 13.4. The van der Waals surface area contributed by atoms with Crippen LogP contribution in [0.25, 0.3) is 0 Å². The Morgan fingerprint density at radius 3 is 2.42 bits per heavy atom. The van der Waals surface area contributed by atoms with Crippen LogP contribution >= 0.6 is 23.2 Å². The van der Waals surface area contributed by atoms with Gasteiger partial charge >= 0.3 is 0 Å². The molecule has 94 valence electrons. The molecule has 0 atom stereocenters. The van der Waals surface area contributed by atoms with Crippen molar-refractivity contribution in [2.45, 2.75) is 0 Å². The molecule has 0 saturated carbocycles. The molecule has 5 heteroatoms. The van der Waals surface area contributed by atoms with Gasteiger partial charge in [0.1, 0.15) is 0 Å². The molecule has 0 aliphatic carbocycles. The van der Waals surface area contributed by atoms with Gasteiger partial charge in [-0.1, -0.05) is 35.3 Å². The minimum absolute atomic E-state index is 0.472. The predicted molar refractivity (Wildman–Crippen MR) is 78.8 cm³/mol. The molecule has 2 aromatic carbocycles. The van der Waals surface area contributed by atoms with Gasteiger partial charge in [-0.15, -0.1) is 0 Å². The lowest BCUT2D eigenvalue weighted by Gasteiger charge is -2.01. The number of nitrogens with one attached hydrogen (secondary N) is 1. The minimum atomic E-state index is 0.472. The maximum Gasteiger partial charge on any atom is 0.0991 e. The zero-order chi connectivity index (χ0) is 13.7. The topological polar surface area (TPSA) is 48.2 Å². The van der Waals surface area contributed by atoms with Crippen molar-refractivity contribution in [1.82, 2.24) is 0 Å². The summed E-state index contributed by atoms with van der Waals surface area (Å²) in [5.74, 6) is 0. The Bertz CT molecular complexity index is 643. The summed E-state index contributed by atoms with van der Waals surface area (Å²) >= 11 is 11.7. The van der Waals surface area contributed by atoms with E-state index in [9.17, 15) is 0 Å². The fourth-order valence-electron chi connectivity index (χ4n) is 1.39. The van der Waals surface area contributed by atoms with Crippen LogP contribution in [-0.4, -0.2) is 6.21 Å². The smallest absolute Gasteiger partial charge is 0.0991 e. The zero-order valence-electron chi connectivity index (χ0n) is 9.77. The molecule has 0 radical (unpaired) electrons. The third kappa shape index (κ3) is 3.72. The van der Waals surface area contributed by atoms with E-state index < -0.39 is 0 Å². The van der Waals surface area contributed by atoms with Crippen molar-refractivity contribution in [3.05, 3.63) is 63.6 Å². The summed E-state index contributed by atoms with van der Waals surface area (Å²) in [5, 5.41) is 13.7. The third-order valence-corrected chi connectivity index (χ3v) is 3.11. The van der Waals surface area contributed by atoms with Crippen LogP contribution in [0.15, 0.2) is 47.6 Å². The molecular weight excluding hydrogens is 281 g/mol. The quantitative estimate of drug-likeness (QED) is 0.676. The van der Waals surface area contributed by atoms with Crippen molar-refractivity contribution in [2.75, 3.05) is 5.43 Å². The lowest BCUT2D eigenvalue weighted by atomic mass is 10.2. The Labute approximate surface area is 121 Å². The molecule has 0 unspecified atom stereocenters. The van der Waals surface area contributed by atoms with Gasteiger partial charge in [0, 0.05) is 0 Å². The Morgan fingerprint density at radius 2 is 1.79 bits per heavy atom. The summed E-state index contributed by atoms with van der Waals surface area (Å²) in [6, 6.07) is 14.3. The molecule has 0 spiro atoms. The highest BCUT2D eigenvalue weighted by Gasteiger charge is 1.97. The first-order chi connectivity index (χ1) is 9.19. The molecule has 2 rings (SSSR count). The molecule has 0 amide bonds. The number of anilines is 1. The standard InChI is InChI=1S/C14H9Cl2N3/c15-13-6-5-12(7-14(13)16)19-18-9-11-3-1-10(8-17)2-4-11/h1-7,9,19H/b18-9-. The Morgan fingerprint density at radius 1 is 1.05 bits per heavy atom. The minimum Gasteiger partial charge on any atom is -0.278 e. The summed E-state index contributed by atoms with van der Waals surface area (Å²) in [4.78, 5) is 0. The summed E-state index contributed by atoms with van der Waals surface area (Å²) in [6.45, 7) is 0. The van der Waals surface area contributed by atoms with E-state index in [0.29, 0.717) is 15.6 Å². The van der Waals surface area contributed by atoms with E-state index in [0.717, 1.165) is 11.3 Å². The first-order valence-corrected chi connectivity index (χ1v) is 6.19. The molecular formula is C14H9Cl2N3. The lowest BCUT2D eigenvalue weighted by molar-refractivity contribution is 1.35. The van der Waals surface area contributed by atoms with Crippen LogP contribution < -0.4 is 5.43 Å². The predicted octanol–water partition coefficient (Wildman–Crippen LogP) is 4.31. The Kier molecular flexibility index (Phi) is 4.40. The maximum absolute atomic E-state index is 8.68. The van der Waals surface area contributed by atoms with E-state index in [2.05, 4.69) is 16.6 Å². The van der Waals surface area contributed by atoms with E-state index in [4.69, 9.17) is 28.5 Å². The van der Waals surface area contributed by atoms with Gasteiger partial charge in [-0.2, -0.15) is 10.4 Å². The number of hydrogen-bond acceptors (Lipinski definition) is 3. The Balaban J connectivity index is 2.02. The third-order valence-electron chi connectivity index (χ3n) is 2.37. The first-order valence-electron chi connectivity index (χ1n) is 5.43. The molecule has 0 heterocycles. The van der Waals surface area contributed by atoms with Gasteiger partial charge in [0.2, 0.25) is 0 Å². The summed E-state index contributed by atoms with van der Waals surface area (Å²) in [5.41, 5.74) is 5.12. The average Bonchev–Trinajstić information content (AvgIpc) is 2.43. The molecule has 2 aromatic rings. The van der Waals surface area contributed by atoms with Gasteiger partial charge in [0.05, 0.1) is 33.6 Å². The van der Waals surface area contributed by atoms with Gasteiger partial charge < -0.3 is 0 Å². The highest BCUT2D eigenvalue weighted by Crippen LogP contribution is 2.24. The normalized spacial score (nSPS) is 10.4. The number of hydrogen-bond donors (Lipinski definition) is 1. The molecule has 0 fully saturated rings. The van der Waals surface area contributed by atoms with Crippen LogP contribution in [0.1, 0.15) is 11.1 Å². The number of benzene rings is 2. The molecule has 3 nitrogen and oxygen atoms in total. The molecule has 0 aromatic heterocycles. The van der Waals surface area contributed by atoms with Crippen molar-refractivity contribution in [3.63, 3.8) is 0 Å². The summed E-state index contributed by atoms with van der Waals surface area (Å²) < 4.78 is 0. The van der Waals surface area contributed by atoms with E-state index >= 15 is 0 Å². The highest BCUT2D eigenvalue weighted by molar-refractivity contribution is 6.42. The number of rotatable bonds is 3. The van der Waals surface area contributed by atoms with Crippen LogP contribution in [0.5, 0.6) is 0 Å². The van der Waals surface area contributed by atoms with Crippen molar-refractivity contribution in [1.29, 1.82) is 5.26 Å².